The Bertz CT molecular complexity index is 165. The molecule has 0 aliphatic rings. The molecule has 0 saturated carbocycles. The fraction of sp³-hybridized carbons (Fsp3) is 1.00. The fourth-order valence-electron chi connectivity index (χ4n) is 0.0985. The predicted molar refractivity (Wildman–Crippen MR) is 39.7 cm³/mol. The Balaban J connectivity index is 4.58. The van der Waals surface area contributed by atoms with Crippen molar-refractivity contribution in [3.05, 3.63) is 0 Å². The van der Waals surface area contributed by atoms with Gasteiger partial charge in [0.05, 0.1) is 0 Å². The van der Waals surface area contributed by atoms with Crippen LogP contribution in [0.5, 0.6) is 0 Å². The van der Waals surface area contributed by atoms with Crippen molar-refractivity contribution in [1.29, 1.82) is 0 Å². The van der Waals surface area contributed by atoms with E-state index in [-0.39, 0.29) is 0 Å². The van der Waals surface area contributed by atoms with E-state index in [1.54, 1.807) is 0 Å². The predicted octanol–water partition coefficient (Wildman–Crippen LogP) is 1.51. The average Bonchev–Trinajstić information content (AvgIpc) is 1.62. The maximum atomic E-state index is 10.6. The highest BCUT2D eigenvalue weighted by atomic mass is 35.5. The van der Waals surface area contributed by atoms with Gasteiger partial charge >= 0.3 is 7.60 Å². The summed E-state index contributed by atoms with van der Waals surface area (Å²) in [4.78, 5) is 17.2. The lowest BCUT2D eigenvalue weighted by atomic mass is 10.4. The molecule has 0 bridgehead atoms. The van der Waals surface area contributed by atoms with Crippen LogP contribution in [0, 0.1) is 0 Å². The molecule has 4 nitrogen and oxygen atoms in total. The monoisotopic (exact) mass is 207 g/mol. The third kappa shape index (κ3) is 2.09. The van der Waals surface area contributed by atoms with E-state index >= 15 is 0 Å². The minimum atomic E-state index is -4.26. The summed E-state index contributed by atoms with van der Waals surface area (Å²) in [6.45, 7) is 2.49. The van der Waals surface area contributed by atoms with E-state index in [4.69, 9.17) is 33.3 Å². The summed E-state index contributed by atoms with van der Waals surface area (Å²) in [6, 6.07) is 0. The molecule has 0 radical (unpaired) electrons. The first kappa shape index (κ1) is 10.7. The third-order valence-corrected chi connectivity index (χ3v) is 3.83. The molecule has 2 N–H and O–H groups in total. The smallest absolute Gasteiger partial charge is 0.323 e. The van der Waals surface area contributed by atoms with E-state index in [2.05, 4.69) is 0 Å². The maximum absolute atomic E-state index is 10.6. The Morgan fingerprint density at radius 2 is 1.70 bits per heavy atom. The molecule has 7 heteroatoms. The summed E-state index contributed by atoms with van der Waals surface area (Å²) < 4.78 is 11.0. The Labute approximate surface area is 69.1 Å². The van der Waals surface area contributed by atoms with Crippen molar-refractivity contribution >= 4 is 31.1 Å². The molecular formula is C3H8Cl2NO3P. The Morgan fingerprint density at radius 1 is 1.40 bits per heavy atom. The highest BCUT2D eigenvalue weighted by Crippen LogP contribution is 2.53. The zero-order chi connectivity index (χ0) is 8.58. The van der Waals surface area contributed by atoms with Crippen molar-refractivity contribution in [1.82, 2.24) is 3.94 Å². The molecule has 0 rings (SSSR count). The minimum Gasteiger partial charge on any atom is -0.323 e. The first-order valence-electron chi connectivity index (χ1n) is 2.37. The number of hydrogen-bond acceptors (Lipinski definition) is 2. The molecule has 0 unspecified atom stereocenters. The van der Waals surface area contributed by atoms with Gasteiger partial charge in [-0.15, -0.1) is 3.94 Å². The van der Waals surface area contributed by atoms with Crippen molar-refractivity contribution in [2.24, 2.45) is 0 Å². The van der Waals surface area contributed by atoms with Gasteiger partial charge < -0.3 is 9.79 Å². The van der Waals surface area contributed by atoms with Crippen LogP contribution >= 0.6 is 31.1 Å². The second-order valence-electron chi connectivity index (χ2n) is 2.27. The topological polar surface area (TPSA) is 60.8 Å². The number of halogens is 2. The van der Waals surface area contributed by atoms with Crippen molar-refractivity contribution in [2.45, 2.75) is 19.1 Å². The Hall–Kier alpha value is 0.690. The van der Waals surface area contributed by atoms with Crippen molar-refractivity contribution in [3.63, 3.8) is 0 Å². The normalized spacial score (nSPS) is 14.3. The van der Waals surface area contributed by atoms with Crippen LogP contribution in [0.3, 0.4) is 0 Å². The van der Waals surface area contributed by atoms with Crippen LogP contribution in [0.1, 0.15) is 13.8 Å². The van der Waals surface area contributed by atoms with Crippen molar-refractivity contribution < 1.29 is 14.4 Å². The van der Waals surface area contributed by atoms with Gasteiger partial charge in [0.1, 0.15) is 5.28 Å². The van der Waals surface area contributed by atoms with Crippen LogP contribution in [-0.2, 0) is 4.57 Å². The minimum absolute atomic E-state index is 0.452. The van der Waals surface area contributed by atoms with E-state index in [0.29, 0.717) is 3.94 Å². The SMILES string of the molecule is CC(C)(N(Cl)Cl)P(=O)(O)O. The van der Waals surface area contributed by atoms with Gasteiger partial charge in [-0.25, -0.2) is 0 Å². The van der Waals surface area contributed by atoms with Gasteiger partial charge in [-0.2, -0.15) is 0 Å². The molecule has 10 heavy (non-hydrogen) atoms. The molecule has 0 aromatic rings. The van der Waals surface area contributed by atoms with Crippen LogP contribution < -0.4 is 0 Å². The molecule has 0 aromatic heterocycles. The molecule has 62 valence electrons. The molecule has 0 amide bonds. The van der Waals surface area contributed by atoms with Gasteiger partial charge in [-0.1, -0.05) is 0 Å². The molecule has 0 spiro atoms. The number of hydrogen-bond donors (Lipinski definition) is 2. The molecule has 0 aliphatic carbocycles. The van der Waals surface area contributed by atoms with Gasteiger partial charge in [0, 0.05) is 0 Å². The van der Waals surface area contributed by atoms with E-state index in [0.717, 1.165) is 0 Å². The second kappa shape index (κ2) is 2.97. The highest BCUT2D eigenvalue weighted by molar-refractivity contribution is 7.53. The van der Waals surface area contributed by atoms with Gasteiger partial charge in [0.2, 0.25) is 0 Å². The lowest BCUT2D eigenvalue weighted by Gasteiger charge is -2.27. The lowest BCUT2D eigenvalue weighted by molar-refractivity contribution is 0.303. The van der Waals surface area contributed by atoms with Crippen LogP contribution in [0.25, 0.3) is 0 Å². The summed E-state index contributed by atoms with van der Waals surface area (Å²) >= 11 is 10.3. The zero-order valence-electron chi connectivity index (χ0n) is 5.45. The van der Waals surface area contributed by atoms with Gasteiger partial charge in [-0.3, -0.25) is 4.57 Å². The van der Waals surface area contributed by atoms with E-state index in [1.807, 2.05) is 0 Å². The van der Waals surface area contributed by atoms with Crippen molar-refractivity contribution in [2.75, 3.05) is 0 Å². The van der Waals surface area contributed by atoms with Crippen LogP contribution in [0.4, 0.5) is 0 Å². The van der Waals surface area contributed by atoms with Crippen LogP contribution in [0.2, 0.25) is 0 Å². The van der Waals surface area contributed by atoms with Crippen LogP contribution in [0.15, 0.2) is 0 Å². The quantitative estimate of drug-likeness (QED) is 0.533. The van der Waals surface area contributed by atoms with E-state index in [9.17, 15) is 4.57 Å². The third-order valence-electron chi connectivity index (χ3n) is 1.13. The van der Waals surface area contributed by atoms with Crippen LogP contribution in [-0.4, -0.2) is 19.0 Å². The van der Waals surface area contributed by atoms with Crippen molar-refractivity contribution in [3.8, 4) is 0 Å². The summed E-state index contributed by atoms with van der Waals surface area (Å²) in [5, 5.41) is -1.53. The van der Waals surface area contributed by atoms with E-state index < -0.39 is 12.9 Å². The molecule has 0 aliphatic heterocycles. The van der Waals surface area contributed by atoms with E-state index in [1.165, 1.54) is 13.8 Å². The highest BCUT2D eigenvalue weighted by Gasteiger charge is 2.42. The summed E-state index contributed by atoms with van der Waals surface area (Å²) in [5.41, 5.74) is 0. The van der Waals surface area contributed by atoms with Gasteiger partial charge in [-0.05, 0) is 37.4 Å². The second-order valence-corrected chi connectivity index (χ2v) is 5.30. The molecule has 0 saturated heterocycles. The fourth-order valence-corrected chi connectivity index (χ4v) is 0.886. The standard InChI is InChI=1S/C3H8Cl2NO3P/c1-3(2,6(4)5)10(7,8)9/h1-2H3,(H2,7,8,9). The largest absolute Gasteiger partial charge is 0.347 e. The molecule has 0 aromatic carbocycles. The number of nitrogens with zero attached hydrogens (tertiary/aromatic N) is 1. The Kier molecular flexibility index (Phi) is 3.18. The summed E-state index contributed by atoms with van der Waals surface area (Å²) in [7, 11) is -4.26. The zero-order valence-corrected chi connectivity index (χ0v) is 7.86. The molecule has 0 atom stereocenters. The first-order valence-corrected chi connectivity index (χ1v) is 4.66. The summed E-state index contributed by atoms with van der Waals surface area (Å²) in [6.07, 6.45) is 0. The Morgan fingerprint density at radius 3 is 1.70 bits per heavy atom. The average molecular weight is 208 g/mol. The summed E-state index contributed by atoms with van der Waals surface area (Å²) in [5.74, 6) is 0. The molecule has 0 fully saturated rings. The van der Waals surface area contributed by atoms with Gasteiger partial charge in [0.15, 0.2) is 0 Å². The first-order chi connectivity index (χ1) is 4.19. The molecule has 0 heterocycles. The maximum Gasteiger partial charge on any atom is 0.347 e. The lowest BCUT2D eigenvalue weighted by Crippen LogP contribution is -2.30. The number of rotatable bonds is 2. The van der Waals surface area contributed by atoms with Gasteiger partial charge in [0.25, 0.3) is 0 Å². The molecular weight excluding hydrogens is 200 g/mol.